The second-order valence-corrected chi connectivity index (χ2v) is 8.38. The van der Waals surface area contributed by atoms with Gasteiger partial charge in [-0.05, 0) is 67.5 Å². The van der Waals surface area contributed by atoms with Crippen molar-refractivity contribution >= 4 is 41.5 Å². The van der Waals surface area contributed by atoms with Crippen LogP contribution in [0.5, 0.6) is 0 Å². The molecule has 1 amide bonds. The van der Waals surface area contributed by atoms with Gasteiger partial charge in [0.2, 0.25) is 5.91 Å². The average Bonchev–Trinajstić information content (AvgIpc) is 2.57. The maximum Gasteiger partial charge on any atom is 0.228 e. The molecular formula is C21H23Cl3F2N2O. The van der Waals surface area contributed by atoms with Crippen molar-refractivity contribution in [3.05, 3.63) is 69.2 Å². The zero-order valence-electron chi connectivity index (χ0n) is 15.7. The molecule has 0 radical (unpaired) electrons. The molecule has 2 fully saturated rings. The predicted molar refractivity (Wildman–Crippen MR) is 115 cm³/mol. The number of nitrogens with two attached hydrogens (primary N) is 2. The molecule has 0 aromatic heterocycles. The number of benzene rings is 2. The first-order chi connectivity index (χ1) is 13.2. The van der Waals surface area contributed by atoms with Crippen molar-refractivity contribution in [2.75, 3.05) is 0 Å². The van der Waals surface area contributed by atoms with Gasteiger partial charge in [-0.3, -0.25) is 4.79 Å². The molecule has 2 aliphatic rings. The van der Waals surface area contributed by atoms with Crippen LogP contribution in [0.2, 0.25) is 10.0 Å². The highest BCUT2D eigenvalue weighted by atomic mass is 35.5. The van der Waals surface area contributed by atoms with Crippen LogP contribution in [0.15, 0.2) is 36.4 Å². The second kappa shape index (κ2) is 9.17. The fraction of sp³-hybridized carbons (Fsp3) is 0.381. The Labute approximate surface area is 185 Å². The Bertz CT molecular complexity index is 899. The Balaban J connectivity index is 0.000000202. The normalized spacial score (nSPS) is 18.2. The molecule has 2 aromatic carbocycles. The number of carbonyl (C=O) groups is 1. The first-order valence-corrected chi connectivity index (χ1v) is 9.93. The highest BCUT2D eigenvalue weighted by Crippen LogP contribution is 2.44. The minimum absolute atomic E-state index is 0. The maximum absolute atomic E-state index is 13.0. The van der Waals surface area contributed by atoms with Crippen molar-refractivity contribution in [1.29, 1.82) is 0 Å². The van der Waals surface area contributed by atoms with Gasteiger partial charge >= 0.3 is 0 Å². The van der Waals surface area contributed by atoms with Gasteiger partial charge in [0.25, 0.3) is 0 Å². The van der Waals surface area contributed by atoms with Crippen molar-refractivity contribution in [3.8, 4) is 0 Å². The first kappa shape index (κ1) is 23.9. The van der Waals surface area contributed by atoms with E-state index in [-0.39, 0.29) is 39.7 Å². The standard InChI is InChI=1S/C11H11ClFNO.C10H11ClFN.ClH/c12-8-6-7(2-3-9(8)13)11(10(14)15)4-1-5-11;11-8-6-7(2-3-9(8)12)10(13)4-1-5-10;/h2-3,6H,1,4-5H2,(H2,14,15);2-3,6H,1,4-5,13H2;1H. The van der Waals surface area contributed by atoms with Gasteiger partial charge < -0.3 is 11.5 Å². The van der Waals surface area contributed by atoms with Crippen LogP contribution in [0.1, 0.15) is 49.7 Å². The Kier molecular flexibility index (Phi) is 7.55. The lowest BCUT2D eigenvalue weighted by molar-refractivity contribution is -0.126. The zero-order valence-corrected chi connectivity index (χ0v) is 18.0. The second-order valence-electron chi connectivity index (χ2n) is 7.57. The molecule has 29 heavy (non-hydrogen) atoms. The third kappa shape index (κ3) is 4.69. The summed E-state index contributed by atoms with van der Waals surface area (Å²) < 4.78 is 25.8. The van der Waals surface area contributed by atoms with E-state index in [2.05, 4.69) is 0 Å². The lowest BCUT2D eigenvalue weighted by Gasteiger charge is -2.39. The van der Waals surface area contributed by atoms with Gasteiger partial charge in [0, 0.05) is 5.54 Å². The summed E-state index contributed by atoms with van der Waals surface area (Å²) in [6, 6.07) is 9.10. The third-order valence-corrected chi connectivity index (χ3v) is 6.47. The highest BCUT2D eigenvalue weighted by Gasteiger charge is 2.44. The molecule has 4 rings (SSSR count). The highest BCUT2D eigenvalue weighted by molar-refractivity contribution is 6.31. The molecule has 0 atom stereocenters. The average molecular weight is 464 g/mol. The van der Waals surface area contributed by atoms with E-state index < -0.39 is 11.2 Å². The quantitative estimate of drug-likeness (QED) is 0.620. The Hall–Kier alpha value is -1.40. The molecule has 158 valence electrons. The van der Waals surface area contributed by atoms with E-state index in [0.717, 1.165) is 49.7 Å². The monoisotopic (exact) mass is 462 g/mol. The molecule has 8 heteroatoms. The summed E-state index contributed by atoms with van der Waals surface area (Å²) in [5.41, 5.74) is 12.3. The number of halogens is 5. The Morgan fingerprint density at radius 3 is 1.66 bits per heavy atom. The fourth-order valence-electron chi connectivity index (χ4n) is 3.65. The number of hydrogen-bond acceptors (Lipinski definition) is 2. The summed E-state index contributed by atoms with van der Waals surface area (Å²) in [7, 11) is 0. The molecule has 2 aliphatic carbocycles. The van der Waals surface area contributed by atoms with Crippen molar-refractivity contribution < 1.29 is 13.6 Å². The molecule has 4 N–H and O–H groups in total. The van der Waals surface area contributed by atoms with Gasteiger partial charge in [-0.2, -0.15) is 0 Å². The van der Waals surface area contributed by atoms with E-state index in [4.69, 9.17) is 34.7 Å². The van der Waals surface area contributed by atoms with Crippen molar-refractivity contribution in [3.63, 3.8) is 0 Å². The number of primary amides is 1. The van der Waals surface area contributed by atoms with Crippen LogP contribution in [0, 0.1) is 11.6 Å². The van der Waals surface area contributed by atoms with Crippen LogP contribution in [0.3, 0.4) is 0 Å². The van der Waals surface area contributed by atoms with E-state index in [1.54, 1.807) is 18.2 Å². The van der Waals surface area contributed by atoms with E-state index in [9.17, 15) is 13.6 Å². The number of amides is 1. The molecule has 0 bridgehead atoms. The molecule has 2 aromatic rings. The summed E-state index contributed by atoms with van der Waals surface area (Å²) in [5, 5.41) is 0.203. The lowest BCUT2D eigenvalue weighted by Crippen LogP contribution is -2.46. The minimum Gasteiger partial charge on any atom is -0.369 e. The Morgan fingerprint density at radius 2 is 1.31 bits per heavy atom. The molecule has 2 saturated carbocycles. The minimum atomic E-state index is -0.614. The van der Waals surface area contributed by atoms with Crippen molar-refractivity contribution in [2.24, 2.45) is 11.5 Å². The van der Waals surface area contributed by atoms with E-state index in [0.29, 0.717) is 0 Å². The number of carbonyl (C=O) groups excluding carboxylic acids is 1. The van der Waals surface area contributed by atoms with Gasteiger partial charge in [-0.25, -0.2) is 8.78 Å². The lowest BCUT2D eigenvalue weighted by atomic mass is 9.64. The van der Waals surface area contributed by atoms with Crippen LogP contribution in [0.25, 0.3) is 0 Å². The summed E-state index contributed by atoms with van der Waals surface area (Å²) in [6.07, 6.45) is 5.50. The van der Waals surface area contributed by atoms with E-state index in [1.165, 1.54) is 18.2 Å². The maximum atomic E-state index is 13.0. The topological polar surface area (TPSA) is 69.1 Å². The molecule has 0 spiro atoms. The predicted octanol–water partition coefficient (Wildman–Crippen LogP) is 5.62. The molecule has 3 nitrogen and oxygen atoms in total. The number of rotatable bonds is 3. The van der Waals surface area contributed by atoms with E-state index in [1.807, 2.05) is 0 Å². The van der Waals surface area contributed by atoms with Gasteiger partial charge in [-0.1, -0.05) is 41.8 Å². The fourth-order valence-corrected chi connectivity index (χ4v) is 4.01. The summed E-state index contributed by atoms with van der Waals surface area (Å²) >= 11 is 11.3. The van der Waals surface area contributed by atoms with Gasteiger partial charge in [0.05, 0.1) is 15.5 Å². The summed E-state index contributed by atoms with van der Waals surface area (Å²) in [4.78, 5) is 11.4. The van der Waals surface area contributed by atoms with Gasteiger partial charge in [-0.15, -0.1) is 12.4 Å². The molecule has 0 saturated heterocycles. The largest absolute Gasteiger partial charge is 0.369 e. The van der Waals surface area contributed by atoms with Crippen LogP contribution in [-0.2, 0) is 15.7 Å². The summed E-state index contributed by atoms with van der Waals surface area (Å²) in [5.74, 6) is -1.20. The molecule has 0 heterocycles. The van der Waals surface area contributed by atoms with Gasteiger partial charge in [0.1, 0.15) is 11.6 Å². The van der Waals surface area contributed by atoms with Crippen LogP contribution in [-0.4, -0.2) is 5.91 Å². The molecule has 0 aliphatic heterocycles. The Morgan fingerprint density at radius 1 is 0.862 bits per heavy atom. The third-order valence-electron chi connectivity index (χ3n) is 5.89. The van der Waals surface area contributed by atoms with E-state index >= 15 is 0 Å². The smallest absolute Gasteiger partial charge is 0.228 e. The van der Waals surface area contributed by atoms with Gasteiger partial charge in [0.15, 0.2) is 0 Å². The summed E-state index contributed by atoms with van der Waals surface area (Å²) in [6.45, 7) is 0. The van der Waals surface area contributed by atoms with Crippen molar-refractivity contribution in [2.45, 2.75) is 49.5 Å². The van der Waals surface area contributed by atoms with Crippen LogP contribution >= 0.6 is 35.6 Å². The number of hydrogen-bond donors (Lipinski definition) is 2. The van der Waals surface area contributed by atoms with Crippen LogP contribution in [0.4, 0.5) is 8.78 Å². The SMILES string of the molecule is Cl.NC(=O)C1(c2ccc(F)c(Cl)c2)CCC1.NC1(c2ccc(F)c(Cl)c2)CCC1. The molecule has 0 unspecified atom stereocenters. The van der Waals surface area contributed by atoms with Crippen LogP contribution < -0.4 is 11.5 Å². The van der Waals surface area contributed by atoms with Crippen molar-refractivity contribution in [1.82, 2.24) is 0 Å². The molecular weight excluding hydrogens is 441 g/mol. The zero-order chi connectivity index (χ0) is 20.5. The first-order valence-electron chi connectivity index (χ1n) is 9.18.